The van der Waals surface area contributed by atoms with Gasteiger partial charge in [-0.25, -0.2) is 0 Å². The molecule has 2 aliphatic heterocycles. The van der Waals surface area contributed by atoms with Gasteiger partial charge in [0.25, 0.3) is 0 Å². The maximum absolute atomic E-state index is 7.10. The lowest BCUT2D eigenvalue weighted by molar-refractivity contribution is 0.591. The molecule has 0 atom stereocenters. The smallest absolute Gasteiger partial charge is 0.431 e. The van der Waals surface area contributed by atoms with E-state index in [1.807, 2.05) is 0 Å². The van der Waals surface area contributed by atoms with Crippen LogP contribution >= 0.6 is 0 Å². The highest BCUT2D eigenvalue weighted by Gasteiger charge is 2.43. The highest BCUT2D eigenvalue weighted by molar-refractivity contribution is 6.86. The zero-order chi connectivity index (χ0) is 29.5. The second kappa shape index (κ2) is 9.35. The number of anilines is 3. The summed E-state index contributed by atoms with van der Waals surface area (Å²) in [6.07, 6.45) is 0. The molecular formula is C42H26BNO. The molecule has 208 valence electrons. The summed E-state index contributed by atoms with van der Waals surface area (Å²) in [6.45, 7) is -0.232. The first-order chi connectivity index (χ1) is 22.3. The third-order valence-electron chi connectivity index (χ3n) is 9.56. The largest absolute Gasteiger partial charge is 0.551 e. The van der Waals surface area contributed by atoms with Crippen LogP contribution in [-0.4, -0.2) is 6.92 Å². The maximum atomic E-state index is 7.10. The second-order valence-corrected chi connectivity index (χ2v) is 12.1. The molecule has 3 heteroatoms. The lowest BCUT2D eigenvalue weighted by atomic mass is 9.49. The minimum atomic E-state index is -0.232. The SMILES string of the molecule is c1ccc(-c2cc3c4c(c2)N(c2ccc5ccccc5c2)c2cc5ccccc5cc2B4Oc2cc4ccccc4cc2-3)cc1. The molecule has 0 aromatic heterocycles. The van der Waals surface area contributed by atoms with E-state index < -0.39 is 0 Å². The van der Waals surface area contributed by atoms with Gasteiger partial charge in [0.05, 0.1) is 0 Å². The van der Waals surface area contributed by atoms with Gasteiger partial charge in [-0.05, 0) is 96.9 Å². The van der Waals surface area contributed by atoms with Crippen LogP contribution in [0.5, 0.6) is 5.75 Å². The monoisotopic (exact) mass is 571 g/mol. The van der Waals surface area contributed by atoms with Gasteiger partial charge in [-0.2, -0.15) is 0 Å². The third kappa shape index (κ3) is 3.71. The quantitative estimate of drug-likeness (QED) is 0.192. The summed E-state index contributed by atoms with van der Waals surface area (Å²) in [5.41, 5.74) is 10.6. The summed E-state index contributed by atoms with van der Waals surface area (Å²) < 4.78 is 7.10. The van der Waals surface area contributed by atoms with Crippen molar-refractivity contribution in [2.75, 3.05) is 4.90 Å². The van der Waals surface area contributed by atoms with Gasteiger partial charge in [0.1, 0.15) is 5.75 Å². The lowest BCUT2D eigenvalue weighted by Gasteiger charge is -2.40. The highest BCUT2D eigenvalue weighted by Crippen LogP contribution is 2.46. The van der Waals surface area contributed by atoms with Crippen LogP contribution in [0.4, 0.5) is 17.1 Å². The Bertz CT molecular complexity index is 2490. The molecule has 0 saturated carbocycles. The average molecular weight is 571 g/mol. The summed E-state index contributed by atoms with van der Waals surface area (Å²) in [5, 5.41) is 7.29. The molecule has 0 amide bonds. The van der Waals surface area contributed by atoms with Crippen LogP contribution in [0.1, 0.15) is 0 Å². The van der Waals surface area contributed by atoms with Crippen LogP contribution in [0.25, 0.3) is 54.6 Å². The number of nitrogens with zero attached hydrogens (tertiary/aromatic N) is 1. The minimum Gasteiger partial charge on any atom is -0.551 e. The Kier molecular flexibility index (Phi) is 5.12. The van der Waals surface area contributed by atoms with Gasteiger partial charge < -0.3 is 9.55 Å². The Morgan fingerprint density at radius 3 is 1.80 bits per heavy atom. The Balaban J connectivity index is 1.33. The average Bonchev–Trinajstić information content (AvgIpc) is 3.10. The summed E-state index contributed by atoms with van der Waals surface area (Å²) in [6, 6.07) is 57.3. The zero-order valence-electron chi connectivity index (χ0n) is 24.4. The first-order valence-electron chi connectivity index (χ1n) is 15.5. The van der Waals surface area contributed by atoms with E-state index in [2.05, 4.69) is 163 Å². The summed E-state index contributed by atoms with van der Waals surface area (Å²) in [7, 11) is 0. The van der Waals surface area contributed by atoms with Crippen LogP contribution in [-0.2, 0) is 0 Å². The van der Waals surface area contributed by atoms with Crippen LogP contribution in [0.15, 0.2) is 158 Å². The van der Waals surface area contributed by atoms with Gasteiger partial charge in [0.2, 0.25) is 0 Å². The number of hydrogen-bond acceptors (Lipinski definition) is 2. The van der Waals surface area contributed by atoms with Gasteiger partial charge in [0.15, 0.2) is 0 Å². The Hall–Kier alpha value is -5.80. The van der Waals surface area contributed by atoms with Crippen molar-refractivity contribution >= 4 is 67.2 Å². The molecule has 2 nitrogen and oxygen atoms in total. The Morgan fingerprint density at radius 1 is 0.422 bits per heavy atom. The summed E-state index contributed by atoms with van der Waals surface area (Å²) >= 11 is 0. The number of benzene rings is 8. The Labute approximate surface area is 261 Å². The molecule has 8 aromatic rings. The van der Waals surface area contributed by atoms with Gasteiger partial charge >= 0.3 is 6.92 Å². The standard InChI is InChI=1S/C42H26BNO/c1-2-10-27(11-3-1)34-22-37-36-21-30-14-6-9-17-33(30)26-41(36)45-43-38-23-31-15-7-8-16-32(31)24-39(38)44(40(25-34)42(37)43)35-19-18-28-12-4-5-13-29(28)20-35/h1-26H. The number of rotatable bonds is 2. The van der Waals surface area contributed by atoms with Gasteiger partial charge in [0, 0.05) is 28.1 Å². The maximum Gasteiger partial charge on any atom is 0.431 e. The van der Waals surface area contributed by atoms with Crippen LogP contribution in [0.3, 0.4) is 0 Å². The van der Waals surface area contributed by atoms with Crippen molar-refractivity contribution in [1.29, 1.82) is 0 Å². The molecule has 8 aromatic carbocycles. The van der Waals surface area contributed by atoms with Gasteiger partial charge in [-0.1, -0.05) is 115 Å². The summed E-state index contributed by atoms with van der Waals surface area (Å²) in [4.78, 5) is 2.46. The fourth-order valence-electron chi connectivity index (χ4n) is 7.42. The van der Waals surface area contributed by atoms with E-state index in [-0.39, 0.29) is 6.92 Å². The molecule has 0 fully saturated rings. The van der Waals surface area contributed by atoms with Crippen LogP contribution < -0.4 is 20.5 Å². The van der Waals surface area contributed by atoms with Crippen molar-refractivity contribution in [2.45, 2.75) is 0 Å². The molecule has 0 aliphatic carbocycles. The highest BCUT2D eigenvalue weighted by atomic mass is 16.4. The van der Waals surface area contributed by atoms with E-state index >= 15 is 0 Å². The fourth-order valence-corrected chi connectivity index (χ4v) is 7.42. The third-order valence-corrected chi connectivity index (χ3v) is 9.56. The normalized spacial score (nSPS) is 13.0. The lowest BCUT2D eigenvalue weighted by Crippen LogP contribution is -2.56. The summed E-state index contributed by atoms with van der Waals surface area (Å²) in [5.74, 6) is 0.931. The fraction of sp³-hybridized carbons (Fsp3) is 0. The van der Waals surface area contributed by atoms with E-state index in [9.17, 15) is 0 Å². The van der Waals surface area contributed by atoms with E-state index in [1.54, 1.807) is 0 Å². The molecule has 2 aliphatic rings. The molecule has 2 heterocycles. The van der Waals surface area contributed by atoms with Crippen LogP contribution in [0.2, 0.25) is 0 Å². The number of fused-ring (bicyclic) bond motifs is 7. The topological polar surface area (TPSA) is 12.5 Å². The molecule has 0 bridgehead atoms. The van der Waals surface area contributed by atoms with E-state index in [0.717, 1.165) is 28.4 Å². The second-order valence-electron chi connectivity index (χ2n) is 12.1. The zero-order valence-corrected chi connectivity index (χ0v) is 24.4. The van der Waals surface area contributed by atoms with Crippen molar-refractivity contribution in [3.63, 3.8) is 0 Å². The Morgan fingerprint density at radius 2 is 1.04 bits per heavy atom. The van der Waals surface area contributed by atoms with E-state index in [0.29, 0.717) is 0 Å². The van der Waals surface area contributed by atoms with Crippen molar-refractivity contribution in [3.8, 4) is 28.0 Å². The van der Waals surface area contributed by atoms with Crippen molar-refractivity contribution < 1.29 is 4.65 Å². The number of hydrogen-bond donors (Lipinski definition) is 0. The molecule has 0 spiro atoms. The molecular weight excluding hydrogens is 545 g/mol. The van der Waals surface area contributed by atoms with Gasteiger partial charge in [-0.15, -0.1) is 0 Å². The molecule has 0 radical (unpaired) electrons. The predicted molar refractivity (Wildman–Crippen MR) is 190 cm³/mol. The minimum absolute atomic E-state index is 0.232. The first kappa shape index (κ1) is 24.6. The van der Waals surface area contributed by atoms with Crippen LogP contribution in [0, 0.1) is 0 Å². The van der Waals surface area contributed by atoms with E-state index in [4.69, 9.17) is 4.65 Å². The van der Waals surface area contributed by atoms with Gasteiger partial charge in [-0.3, -0.25) is 0 Å². The van der Waals surface area contributed by atoms with Crippen molar-refractivity contribution in [1.82, 2.24) is 0 Å². The molecule has 45 heavy (non-hydrogen) atoms. The van der Waals surface area contributed by atoms with E-state index in [1.165, 1.54) is 59.9 Å². The van der Waals surface area contributed by atoms with Crippen molar-refractivity contribution in [3.05, 3.63) is 158 Å². The molecule has 0 N–H and O–H groups in total. The molecule has 10 rings (SSSR count). The molecule has 0 unspecified atom stereocenters. The first-order valence-corrected chi connectivity index (χ1v) is 15.5. The predicted octanol–water partition coefficient (Wildman–Crippen LogP) is 9.76. The van der Waals surface area contributed by atoms with Crippen molar-refractivity contribution in [2.24, 2.45) is 0 Å². The molecule has 0 saturated heterocycles.